The monoisotopic (exact) mass is 153 g/mol. The Balaban J connectivity index is 2.66. The van der Waals surface area contributed by atoms with E-state index in [4.69, 9.17) is 5.02 Å². The molecule has 0 saturated heterocycles. The lowest BCUT2D eigenvalue weighted by molar-refractivity contribution is 0.587. The Morgan fingerprint density at radius 3 is 2.36 bits per heavy atom. The summed E-state index contributed by atoms with van der Waals surface area (Å²) in [4.78, 5) is 0. The van der Waals surface area contributed by atoms with E-state index >= 15 is 0 Å². The number of rotatable bonds is 2. The largest absolute Gasteiger partial charge is 0.433 e. The molecule has 1 aromatic rings. The molecular weight excluding hydrogens is 144 g/mol. The van der Waals surface area contributed by atoms with Gasteiger partial charge in [-0.05, 0) is 31.1 Å². The summed E-state index contributed by atoms with van der Waals surface area (Å²) in [6.07, 6.45) is 0. The van der Waals surface area contributed by atoms with Gasteiger partial charge in [-0.25, -0.2) is 4.39 Å². The van der Waals surface area contributed by atoms with Gasteiger partial charge in [0.15, 0.2) is 0 Å². The molecule has 11 heavy (non-hydrogen) atoms. The van der Waals surface area contributed by atoms with Crippen LogP contribution in [0.3, 0.4) is 0 Å². The number of anilines is 1. The van der Waals surface area contributed by atoms with Crippen molar-refractivity contribution in [2.75, 3.05) is 5.23 Å². The fraction of sp³-hybridized carbons (Fsp3) is 0.143. The molecule has 0 aliphatic carbocycles. The van der Waals surface area contributed by atoms with Gasteiger partial charge in [0.1, 0.15) is 5.82 Å². The smallest absolute Gasteiger partial charge is 0.406 e. The van der Waals surface area contributed by atoms with Gasteiger partial charge < -0.3 is 10.3 Å². The van der Waals surface area contributed by atoms with Gasteiger partial charge in [0.25, 0.3) is 0 Å². The number of hydrogen-bond donors (Lipinski definition) is 2. The van der Waals surface area contributed by atoms with Gasteiger partial charge in [0.2, 0.25) is 0 Å². The summed E-state index contributed by atoms with van der Waals surface area (Å²) in [6, 6.07) is 5.82. The predicted molar refractivity (Wildman–Crippen MR) is 43.9 cm³/mol. The van der Waals surface area contributed by atoms with E-state index in [1.54, 1.807) is 19.0 Å². The second kappa shape index (κ2) is 3.39. The van der Waals surface area contributed by atoms with Crippen LogP contribution in [0.5, 0.6) is 0 Å². The molecule has 0 radical (unpaired) electrons. The molecule has 0 heterocycles. The number of hydrogen-bond acceptors (Lipinski definition) is 2. The van der Waals surface area contributed by atoms with Crippen LogP contribution in [0.25, 0.3) is 0 Å². The number of benzene rings is 1. The van der Waals surface area contributed by atoms with Crippen LogP contribution in [0.2, 0.25) is 6.82 Å². The first-order chi connectivity index (χ1) is 5.18. The van der Waals surface area contributed by atoms with Crippen LogP contribution >= 0.6 is 0 Å². The Hall–Kier alpha value is -1.03. The van der Waals surface area contributed by atoms with Crippen molar-refractivity contribution in [1.82, 2.24) is 0 Å². The minimum absolute atomic E-state index is 0.277. The van der Waals surface area contributed by atoms with E-state index < -0.39 is 7.05 Å². The Labute approximate surface area is 65.2 Å². The van der Waals surface area contributed by atoms with E-state index in [1.807, 2.05) is 0 Å². The first-order valence-electron chi connectivity index (χ1n) is 3.38. The highest BCUT2D eigenvalue weighted by Gasteiger charge is 2.01. The molecule has 0 unspecified atom stereocenters. The summed E-state index contributed by atoms with van der Waals surface area (Å²) in [5, 5.41) is 11.6. The van der Waals surface area contributed by atoms with Gasteiger partial charge in [0, 0.05) is 5.69 Å². The molecule has 1 aromatic carbocycles. The number of nitrogens with one attached hydrogen (secondary N) is 1. The molecule has 0 aliphatic rings. The molecule has 0 saturated carbocycles. The second-order valence-electron chi connectivity index (χ2n) is 2.33. The third-order valence-electron chi connectivity index (χ3n) is 1.22. The summed E-state index contributed by atoms with van der Waals surface area (Å²) in [5.74, 6) is -0.277. The maximum Gasteiger partial charge on any atom is 0.406 e. The third kappa shape index (κ3) is 2.59. The summed E-state index contributed by atoms with van der Waals surface area (Å²) in [6.45, 7) is 1.60. The second-order valence-corrected chi connectivity index (χ2v) is 2.33. The molecule has 4 heteroatoms. The van der Waals surface area contributed by atoms with Crippen molar-refractivity contribution in [3.8, 4) is 0 Å². The van der Waals surface area contributed by atoms with Crippen LogP contribution in [0, 0.1) is 5.82 Å². The lowest BCUT2D eigenvalue weighted by Crippen LogP contribution is -2.19. The Morgan fingerprint density at radius 2 is 1.91 bits per heavy atom. The molecule has 0 atom stereocenters. The van der Waals surface area contributed by atoms with Gasteiger partial charge in [-0.1, -0.05) is 0 Å². The van der Waals surface area contributed by atoms with Crippen LogP contribution in [-0.2, 0) is 0 Å². The van der Waals surface area contributed by atoms with E-state index in [0.717, 1.165) is 0 Å². The highest BCUT2D eigenvalue weighted by atomic mass is 19.1. The van der Waals surface area contributed by atoms with E-state index in [0.29, 0.717) is 5.69 Å². The predicted octanol–water partition coefficient (Wildman–Crippen LogP) is 1.35. The van der Waals surface area contributed by atoms with Crippen molar-refractivity contribution in [2.45, 2.75) is 6.82 Å². The summed E-state index contributed by atoms with van der Waals surface area (Å²) < 4.78 is 12.3. The molecule has 0 bridgehead atoms. The maximum absolute atomic E-state index is 12.3. The van der Waals surface area contributed by atoms with Gasteiger partial charge in [-0.15, -0.1) is 0 Å². The van der Waals surface area contributed by atoms with Crippen LogP contribution in [-0.4, -0.2) is 12.1 Å². The van der Waals surface area contributed by atoms with E-state index in [1.165, 1.54) is 12.1 Å². The van der Waals surface area contributed by atoms with E-state index in [2.05, 4.69) is 5.23 Å². The standard InChI is InChI=1S/C7H9BFNO/c1-8(11)10-7-4-2-6(9)3-5-7/h2-5,10-11H,1H3. The van der Waals surface area contributed by atoms with Gasteiger partial charge in [-0.3, -0.25) is 0 Å². The highest BCUT2D eigenvalue weighted by Crippen LogP contribution is 2.07. The Morgan fingerprint density at radius 1 is 1.36 bits per heavy atom. The SMILES string of the molecule is CB(O)Nc1ccc(F)cc1. The summed E-state index contributed by atoms with van der Waals surface area (Å²) >= 11 is 0. The molecule has 0 aromatic heterocycles. The Kier molecular flexibility index (Phi) is 2.49. The van der Waals surface area contributed by atoms with Gasteiger partial charge in [-0.2, -0.15) is 0 Å². The van der Waals surface area contributed by atoms with Crippen LogP contribution in [0.15, 0.2) is 24.3 Å². The number of halogens is 1. The minimum atomic E-state index is -0.611. The maximum atomic E-state index is 12.3. The molecule has 0 fully saturated rings. The zero-order valence-electron chi connectivity index (χ0n) is 6.21. The molecule has 2 nitrogen and oxygen atoms in total. The summed E-state index contributed by atoms with van der Waals surface area (Å²) in [7, 11) is -0.611. The molecule has 58 valence electrons. The van der Waals surface area contributed by atoms with Crippen LogP contribution in [0.4, 0.5) is 10.1 Å². The third-order valence-corrected chi connectivity index (χ3v) is 1.22. The molecule has 1 rings (SSSR count). The van der Waals surface area contributed by atoms with Crippen molar-refractivity contribution >= 4 is 12.7 Å². The molecular formula is C7H9BFNO. The fourth-order valence-corrected chi connectivity index (χ4v) is 0.787. The highest BCUT2D eigenvalue weighted by molar-refractivity contribution is 6.52. The quantitative estimate of drug-likeness (QED) is 0.628. The molecule has 0 amide bonds. The lowest BCUT2D eigenvalue weighted by atomic mass is 9.88. The van der Waals surface area contributed by atoms with Crippen molar-refractivity contribution < 1.29 is 9.41 Å². The van der Waals surface area contributed by atoms with Crippen molar-refractivity contribution in [1.29, 1.82) is 0 Å². The lowest BCUT2D eigenvalue weighted by Gasteiger charge is -2.04. The topological polar surface area (TPSA) is 32.3 Å². The molecule has 0 aliphatic heterocycles. The van der Waals surface area contributed by atoms with E-state index in [-0.39, 0.29) is 5.82 Å². The first-order valence-corrected chi connectivity index (χ1v) is 3.38. The van der Waals surface area contributed by atoms with Gasteiger partial charge in [0.05, 0.1) is 0 Å². The Bertz CT molecular complexity index is 224. The van der Waals surface area contributed by atoms with Crippen molar-refractivity contribution in [3.63, 3.8) is 0 Å². The first kappa shape index (κ1) is 8.08. The van der Waals surface area contributed by atoms with Crippen molar-refractivity contribution in [3.05, 3.63) is 30.1 Å². The zero-order chi connectivity index (χ0) is 8.27. The zero-order valence-corrected chi connectivity index (χ0v) is 6.21. The average Bonchev–Trinajstić information content (AvgIpc) is 1.93. The van der Waals surface area contributed by atoms with Gasteiger partial charge >= 0.3 is 7.05 Å². The van der Waals surface area contributed by atoms with Crippen LogP contribution < -0.4 is 5.23 Å². The molecule has 2 N–H and O–H groups in total. The van der Waals surface area contributed by atoms with E-state index in [9.17, 15) is 4.39 Å². The normalized spacial score (nSPS) is 9.36. The van der Waals surface area contributed by atoms with Crippen molar-refractivity contribution in [2.24, 2.45) is 0 Å². The molecule has 0 spiro atoms. The average molecular weight is 153 g/mol. The van der Waals surface area contributed by atoms with Crippen LogP contribution in [0.1, 0.15) is 0 Å². The fourth-order valence-electron chi connectivity index (χ4n) is 0.787. The minimum Gasteiger partial charge on any atom is -0.433 e. The summed E-state index contributed by atoms with van der Waals surface area (Å²) in [5.41, 5.74) is 0.710.